The van der Waals surface area contributed by atoms with Crippen molar-refractivity contribution >= 4 is 34.0 Å². The highest BCUT2D eigenvalue weighted by atomic mass is 79.9. The van der Waals surface area contributed by atoms with Crippen molar-refractivity contribution in [1.29, 1.82) is 0 Å². The molecule has 0 fully saturated rings. The number of methoxy groups -OCH3 is 1. The number of halogens is 1. The van der Waals surface area contributed by atoms with Gasteiger partial charge in [0.15, 0.2) is 24.7 Å². The molecule has 0 aromatic heterocycles. The number of benzene rings is 2. The van der Waals surface area contributed by atoms with E-state index < -0.39 is 18.5 Å². The molecule has 2 N–H and O–H groups in total. The van der Waals surface area contributed by atoms with Gasteiger partial charge in [-0.25, -0.2) is 10.2 Å². The molecule has 0 aliphatic heterocycles. The van der Waals surface area contributed by atoms with Crippen LogP contribution in [-0.2, 0) is 9.59 Å². The highest BCUT2D eigenvalue weighted by molar-refractivity contribution is 9.10. The number of ether oxygens (including phenoxy) is 3. The van der Waals surface area contributed by atoms with E-state index in [2.05, 4.69) is 26.5 Å². The molecule has 9 heteroatoms. The van der Waals surface area contributed by atoms with Crippen molar-refractivity contribution < 1.29 is 28.9 Å². The van der Waals surface area contributed by atoms with E-state index in [1.54, 1.807) is 12.1 Å². The Morgan fingerprint density at radius 3 is 2.41 bits per heavy atom. The zero-order valence-corrected chi connectivity index (χ0v) is 17.8. The van der Waals surface area contributed by atoms with E-state index in [1.807, 2.05) is 32.0 Å². The lowest BCUT2D eigenvalue weighted by atomic mass is 10.1. The molecule has 29 heavy (non-hydrogen) atoms. The lowest BCUT2D eigenvalue weighted by Crippen LogP contribution is -2.25. The maximum absolute atomic E-state index is 12.0. The minimum absolute atomic E-state index is 0.169. The molecular weight excluding hydrogens is 444 g/mol. The van der Waals surface area contributed by atoms with Gasteiger partial charge in [-0.05, 0) is 58.6 Å². The van der Waals surface area contributed by atoms with Gasteiger partial charge in [-0.15, -0.1) is 0 Å². The SMILES string of the molecule is COc1cc(/C=N\NC(=O)COc2c(C)cccc2C)cc(Br)c1OCC(=O)O. The predicted octanol–water partition coefficient (Wildman–Crippen LogP) is 3.07. The van der Waals surface area contributed by atoms with Gasteiger partial charge in [-0.1, -0.05) is 18.2 Å². The number of carboxylic acid groups (broad SMARTS) is 1. The summed E-state index contributed by atoms with van der Waals surface area (Å²) in [5, 5.41) is 12.6. The van der Waals surface area contributed by atoms with Crippen molar-refractivity contribution in [3.63, 3.8) is 0 Å². The smallest absolute Gasteiger partial charge is 0.341 e. The first kappa shape index (κ1) is 22.2. The first-order valence-corrected chi connectivity index (χ1v) is 9.34. The molecule has 2 rings (SSSR count). The summed E-state index contributed by atoms with van der Waals surface area (Å²) in [5.74, 6) is -0.242. The Morgan fingerprint density at radius 1 is 1.14 bits per heavy atom. The Morgan fingerprint density at radius 2 is 1.79 bits per heavy atom. The first-order valence-electron chi connectivity index (χ1n) is 8.55. The summed E-state index contributed by atoms with van der Waals surface area (Å²) in [6, 6.07) is 9.00. The third-order valence-electron chi connectivity index (χ3n) is 3.75. The fraction of sp³-hybridized carbons (Fsp3) is 0.250. The average Bonchev–Trinajstić information content (AvgIpc) is 2.66. The number of hydrogen-bond acceptors (Lipinski definition) is 6. The molecule has 8 nitrogen and oxygen atoms in total. The van der Waals surface area contributed by atoms with Crippen molar-refractivity contribution in [2.75, 3.05) is 20.3 Å². The normalized spacial score (nSPS) is 10.6. The van der Waals surface area contributed by atoms with E-state index in [0.717, 1.165) is 11.1 Å². The number of carbonyl (C=O) groups excluding carboxylic acids is 1. The van der Waals surface area contributed by atoms with Crippen LogP contribution in [0.5, 0.6) is 17.2 Å². The van der Waals surface area contributed by atoms with Crippen molar-refractivity contribution in [2.24, 2.45) is 5.10 Å². The largest absolute Gasteiger partial charge is 0.493 e. The maximum Gasteiger partial charge on any atom is 0.341 e. The van der Waals surface area contributed by atoms with Crippen LogP contribution in [0.15, 0.2) is 39.9 Å². The number of para-hydroxylation sites is 1. The standard InChI is InChI=1S/C20H21BrN2O6/c1-12-5-4-6-13(2)19(12)28-10-17(24)23-22-9-14-7-15(21)20(16(8-14)27-3)29-11-18(25)26/h4-9H,10-11H2,1-3H3,(H,23,24)(H,25,26)/b22-9-. The Kier molecular flexibility index (Phi) is 8.02. The van der Waals surface area contributed by atoms with Crippen LogP contribution in [0.4, 0.5) is 0 Å². The molecule has 0 aliphatic carbocycles. The molecule has 0 unspecified atom stereocenters. The van der Waals surface area contributed by atoms with Crippen LogP contribution in [0.2, 0.25) is 0 Å². The topological polar surface area (TPSA) is 106 Å². The van der Waals surface area contributed by atoms with Crippen LogP contribution in [0.1, 0.15) is 16.7 Å². The Labute approximate surface area is 176 Å². The fourth-order valence-corrected chi connectivity index (χ4v) is 3.04. The fourth-order valence-electron chi connectivity index (χ4n) is 2.46. The van der Waals surface area contributed by atoms with E-state index in [1.165, 1.54) is 13.3 Å². The number of carboxylic acids is 1. The molecule has 0 bridgehead atoms. The lowest BCUT2D eigenvalue weighted by molar-refractivity contribution is -0.139. The second kappa shape index (κ2) is 10.5. The van der Waals surface area contributed by atoms with Crippen LogP contribution in [0, 0.1) is 13.8 Å². The molecule has 0 heterocycles. The summed E-state index contributed by atoms with van der Waals surface area (Å²) in [6.45, 7) is 3.15. The van der Waals surface area contributed by atoms with Gasteiger partial charge in [-0.3, -0.25) is 4.79 Å². The van der Waals surface area contributed by atoms with Crippen LogP contribution in [0.3, 0.4) is 0 Å². The number of rotatable bonds is 9. The van der Waals surface area contributed by atoms with Gasteiger partial charge in [0, 0.05) is 0 Å². The van der Waals surface area contributed by atoms with Crippen molar-refractivity contribution in [1.82, 2.24) is 5.43 Å². The van der Waals surface area contributed by atoms with Gasteiger partial charge in [-0.2, -0.15) is 5.10 Å². The minimum atomic E-state index is -1.10. The third kappa shape index (κ3) is 6.49. The minimum Gasteiger partial charge on any atom is -0.493 e. The Hall–Kier alpha value is -3.07. The van der Waals surface area contributed by atoms with E-state index in [4.69, 9.17) is 19.3 Å². The van der Waals surface area contributed by atoms with E-state index in [0.29, 0.717) is 21.5 Å². The van der Waals surface area contributed by atoms with Crippen LogP contribution >= 0.6 is 15.9 Å². The summed E-state index contributed by atoms with van der Waals surface area (Å²) in [6.07, 6.45) is 1.42. The molecule has 154 valence electrons. The second-order valence-corrected chi connectivity index (χ2v) is 6.87. The maximum atomic E-state index is 12.0. The second-order valence-electron chi connectivity index (χ2n) is 6.02. The molecule has 1 amide bonds. The third-order valence-corrected chi connectivity index (χ3v) is 4.34. The first-order chi connectivity index (χ1) is 13.8. The molecule has 0 radical (unpaired) electrons. The monoisotopic (exact) mass is 464 g/mol. The summed E-state index contributed by atoms with van der Waals surface area (Å²) < 4.78 is 16.5. The van der Waals surface area contributed by atoms with Gasteiger partial charge < -0.3 is 19.3 Å². The van der Waals surface area contributed by atoms with Crippen molar-refractivity contribution in [3.8, 4) is 17.2 Å². The predicted molar refractivity (Wildman–Crippen MR) is 111 cm³/mol. The molecule has 0 atom stereocenters. The number of hydrazone groups is 1. The summed E-state index contributed by atoms with van der Waals surface area (Å²) in [5.41, 5.74) is 4.89. The van der Waals surface area contributed by atoms with Crippen molar-refractivity contribution in [3.05, 3.63) is 51.5 Å². The number of amides is 1. The quantitative estimate of drug-likeness (QED) is 0.436. The average molecular weight is 465 g/mol. The number of aryl methyl sites for hydroxylation is 2. The molecule has 2 aromatic carbocycles. The number of carbonyl (C=O) groups is 2. The van der Waals surface area contributed by atoms with E-state index in [-0.39, 0.29) is 12.4 Å². The van der Waals surface area contributed by atoms with Crippen LogP contribution < -0.4 is 19.6 Å². The van der Waals surface area contributed by atoms with Gasteiger partial charge in [0.1, 0.15) is 5.75 Å². The zero-order chi connectivity index (χ0) is 21.4. The number of nitrogens with zero attached hydrogens (tertiary/aromatic N) is 1. The Bertz CT molecular complexity index is 909. The number of nitrogens with one attached hydrogen (secondary N) is 1. The van der Waals surface area contributed by atoms with E-state index >= 15 is 0 Å². The highest BCUT2D eigenvalue weighted by Crippen LogP contribution is 2.36. The molecular formula is C20H21BrN2O6. The van der Waals surface area contributed by atoms with E-state index in [9.17, 15) is 9.59 Å². The summed E-state index contributed by atoms with van der Waals surface area (Å²) in [4.78, 5) is 22.6. The summed E-state index contributed by atoms with van der Waals surface area (Å²) >= 11 is 3.31. The zero-order valence-electron chi connectivity index (χ0n) is 16.2. The highest BCUT2D eigenvalue weighted by Gasteiger charge is 2.13. The summed E-state index contributed by atoms with van der Waals surface area (Å²) in [7, 11) is 1.43. The van der Waals surface area contributed by atoms with Gasteiger partial charge >= 0.3 is 5.97 Å². The molecule has 0 aliphatic rings. The van der Waals surface area contributed by atoms with Gasteiger partial charge in [0.2, 0.25) is 0 Å². The van der Waals surface area contributed by atoms with Gasteiger partial charge in [0.25, 0.3) is 5.91 Å². The van der Waals surface area contributed by atoms with Gasteiger partial charge in [0.05, 0.1) is 17.8 Å². The molecule has 0 spiro atoms. The number of aliphatic carboxylic acids is 1. The van der Waals surface area contributed by atoms with Crippen molar-refractivity contribution in [2.45, 2.75) is 13.8 Å². The van der Waals surface area contributed by atoms with Crippen LogP contribution in [0.25, 0.3) is 0 Å². The molecule has 2 aromatic rings. The van der Waals surface area contributed by atoms with Crippen LogP contribution in [-0.4, -0.2) is 43.5 Å². The molecule has 0 saturated carbocycles. The number of hydrogen-bond donors (Lipinski definition) is 2. The molecule has 0 saturated heterocycles. The lowest BCUT2D eigenvalue weighted by Gasteiger charge is -2.12. The Balaban J connectivity index is 1.98.